The molecule has 0 aromatic heterocycles. The Morgan fingerprint density at radius 3 is 2.44 bits per heavy atom. The monoisotopic (exact) mass is 271 g/mol. The Hall–Kier alpha value is -1.40. The van der Waals surface area contributed by atoms with Gasteiger partial charge in [0.2, 0.25) is 10.0 Å². The fourth-order valence-electron chi connectivity index (χ4n) is 1.54. The van der Waals surface area contributed by atoms with Crippen molar-refractivity contribution in [3.05, 3.63) is 28.8 Å². The molecule has 0 fully saturated rings. The third-order valence-electron chi connectivity index (χ3n) is 2.70. The van der Waals surface area contributed by atoms with Gasteiger partial charge in [0, 0.05) is 6.54 Å². The van der Waals surface area contributed by atoms with Gasteiger partial charge in [0.05, 0.1) is 10.5 Å². The Kier molecular flexibility index (Phi) is 4.48. The quantitative estimate of drug-likeness (QED) is 0.853. The van der Waals surface area contributed by atoms with E-state index in [4.69, 9.17) is 5.11 Å². The molecule has 1 aromatic carbocycles. The third-order valence-corrected chi connectivity index (χ3v) is 4.29. The van der Waals surface area contributed by atoms with E-state index in [1.54, 1.807) is 13.8 Å². The van der Waals surface area contributed by atoms with Crippen molar-refractivity contribution in [2.24, 2.45) is 0 Å². The minimum atomic E-state index is -3.64. The van der Waals surface area contributed by atoms with Gasteiger partial charge < -0.3 is 5.11 Å². The van der Waals surface area contributed by atoms with E-state index in [0.29, 0.717) is 24.1 Å². The van der Waals surface area contributed by atoms with E-state index in [-0.39, 0.29) is 10.5 Å². The van der Waals surface area contributed by atoms with Crippen molar-refractivity contribution in [1.82, 2.24) is 4.72 Å². The summed E-state index contributed by atoms with van der Waals surface area (Å²) in [5, 5.41) is 8.95. The first-order valence-electron chi connectivity index (χ1n) is 5.63. The van der Waals surface area contributed by atoms with Crippen LogP contribution in [0.2, 0.25) is 0 Å². The van der Waals surface area contributed by atoms with Gasteiger partial charge in [-0.1, -0.05) is 6.92 Å². The van der Waals surface area contributed by atoms with Crippen molar-refractivity contribution in [1.29, 1.82) is 0 Å². The number of hydrogen-bond donors (Lipinski definition) is 2. The smallest absolute Gasteiger partial charge is 0.335 e. The van der Waals surface area contributed by atoms with Crippen LogP contribution in [0, 0.1) is 13.8 Å². The average Bonchev–Trinajstić information content (AvgIpc) is 2.29. The Bertz CT molecular complexity index is 564. The summed E-state index contributed by atoms with van der Waals surface area (Å²) < 4.78 is 26.5. The molecule has 0 saturated carbocycles. The van der Waals surface area contributed by atoms with Crippen molar-refractivity contribution >= 4 is 16.0 Å². The molecule has 2 N–H and O–H groups in total. The number of benzene rings is 1. The zero-order valence-corrected chi connectivity index (χ0v) is 11.5. The van der Waals surface area contributed by atoms with Crippen molar-refractivity contribution in [2.45, 2.75) is 32.1 Å². The number of aryl methyl sites for hydroxylation is 1. The van der Waals surface area contributed by atoms with Crippen LogP contribution in [0.5, 0.6) is 0 Å². The number of carboxylic acid groups (broad SMARTS) is 1. The van der Waals surface area contributed by atoms with Gasteiger partial charge in [0.15, 0.2) is 0 Å². The second-order valence-electron chi connectivity index (χ2n) is 4.12. The van der Waals surface area contributed by atoms with Crippen LogP contribution in [0.25, 0.3) is 0 Å². The van der Waals surface area contributed by atoms with Crippen molar-refractivity contribution < 1.29 is 18.3 Å². The van der Waals surface area contributed by atoms with Crippen molar-refractivity contribution in [3.63, 3.8) is 0 Å². The Morgan fingerprint density at radius 2 is 1.94 bits per heavy atom. The molecule has 6 heteroatoms. The molecule has 1 rings (SSSR count). The van der Waals surface area contributed by atoms with Gasteiger partial charge in [-0.2, -0.15) is 0 Å². The van der Waals surface area contributed by atoms with Gasteiger partial charge >= 0.3 is 5.97 Å². The molecule has 1 aromatic rings. The average molecular weight is 271 g/mol. The van der Waals surface area contributed by atoms with Crippen LogP contribution in [0.4, 0.5) is 0 Å². The summed E-state index contributed by atoms with van der Waals surface area (Å²) >= 11 is 0. The maximum Gasteiger partial charge on any atom is 0.335 e. The van der Waals surface area contributed by atoms with Crippen LogP contribution in [0.3, 0.4) is 0 Å². The number of carboxylic acids is 1. The summed E-state index contributed by atoms with van der Waals surface area (Å²) in [6.45, 7) is 5.55. The molecule has 5 nitrogen and oxygen atoms in total. The molecule has 0 atom stereocenters. The summed E-state index contributed by atoms with van der Waals surface area (Å²) in [6, 6.07) is 2.67. The summed E-state index contributed by atoms with van der Waals surface area (Å²) in [7, 11) is -3.64. The highest BCUT2D eigenvalue weighted by Crippen LogP contribution is 2.21. The van der Waals surface area contributed by atoms with Crippen molar-refractivity contribution in [2.75, 3.05) is 6.54 Å². The summed E-state index contributed by atoms with van der Waals surface area (Å²) in [6.07, 6.45) is 0.676. The molecule has 0 aliphatic carbocycles. The molecule has 0 amide bonds. The molecule has 0 saturated heterocycles. The van der Waals surface area contributed by atoms with Crippen LogP contribution in [0.1, 0.15) is 34.8 Å². The van der Waals surface area contributed by atoms with E-state index < -0.39 is 16.0 Å². The lowest BCUT2D eigenvalue weighted by Gasteiger charge is -2.11. The van der Waals surface area contributed by atoms with E-state index >= 15 is 0 Å². The van der Waals surface area contributed by atoms with Crippen LogP contribution < -0.4 is 4.72 Å². The number of rotatable bonds is 5. The standard InChI is InChI=1S/C12H17NO4S/c1-4-5-13-18(16,17)11-7-10(12(14)15)6-8(2)9(11)3/h6-7,13H,4-5H2,1-3H3,(H,14,15). The van der Waals surface area contributed by atoms with E-state index in [2.05, 4.69) is 4.72 Å². The van der Waals surface area contributed by atoms with Gasteiger partial charge in [-0.25, -0.2) is 17.9 Å². The molecule has 0 radical (unpaired) electrons. The maximum atomic E-state index is 12.0. The molecular formula is C12H17NO4S. The van der Waals surface area contributed by atoms with Gasteiger partial charge in [-0.15, -0.1) is 0 Å². The van der Waals surface area contributed by atoms with Crippen LogP contribution in [-0.2, 0) is 10.0 Å². The summed E-state index contributed by atoms with van der Waals surface area (Å²) in [5.74, 6) is -1.13. The van der Waals surface area contributed by atoms with E-state index in [1.165, 1.54) is 12.1 Å². The van der Waals surface area contributed by atoms with E-state index in [1.807, 2.05) is 6.92 Å². The number of hydrogen-bond acceptors (Lipinski definition) is 3. The highest BCUT2D eigenvalue weighted by atomic mass is 32.2. The molecule has 0 heterocycles. The molecule has 0 spiro atoms. The first-order chi connectivity index (χ1) is 8.29. The Morgan fingerprint density at radius 1 is 1.33 bits per heavy atom. The highest BCUT2D eigenvalue weighted by molar-refractivity contribution is 7.89. The lowest BCUT2D eigenvalue weighted by atomic mass is 10.1. The highest BCUT2D eigenvalue weighted by Gasteiger charge is 2.19. The molecule has 100 valence electrons. The number of nitrogens with one attached hydrogen (secondary N) is 1. The van der Waals surface area contributed by atoms with Gasteiger partial charge in [-0.3, -0.25) is 0 Å². The molecule has 0 aliphatic rings. The second-order valence-corrected chi connectivity index (χ2v) is 5.85. The molecule has 18 heavy (non-hydrogen) atoms. The van der Waals surface area contributed by atoms with Gasteiger partial charge in [0.1, 0.15) is 0 Å². The molecular weight excluding hydrogens is 254 g/mol. The topological polar surface area (TPSA) is 83.5 Å². The zero-order chi connectivity index (χ0) is 13.9. The van der Waals surface area contributed by atoms with Crippen LogP contribution in [-0.4, -0.2) is 26.0 Å². The minimum absolute atomic E-state index is 0.0185. The van der Waals surface area contributed by atoms with Crippen molar-refractivity contribution in [3.8, 4) is 0 Å². The predicted octanol–water partition coefficient (Wildman–Crippen LogP) is 1.69. The first-order valence-corrected chi connectivity index (χ1v) is 7.12. The van der Waals surface area contributed by atoms with E-state index in [9.17, 15) is 13.2 Å². The predicted molar refractivity (Wildman–Crippen MR) is 68.4 cm³/mol. The van der Waals surface area contributed by atoms with Crippen LogP contribution >= 0.6 is 0 Å². The molecule has 0 unspecified atom stereocenters. The molecule has 0 bridgehead atoms. The van der Waals surface area contributed by atoms with Gasteiger partial charge in [0.25, 0.3) is 0 Å². The fourth-order valence-corrected chi connectivity index (χ4v) is 3.02. The first kappa shape index (κ1) is 14.7. The lowest BCUT2D eigenvalue weighted by molar-refractivity contribution is 0.0696. The number of sulfonamides is 1. The zero-order valence-electron chi connectivity index (χ0n) is 10.6. The largest absolute Gasteiger partial charge is 0.478 e. The molecule has 0 aliphatic heterocycles. The summed E-state index contributed by atoms with van der Waals surface area (Å²) in [4.78, 5) is 11.0. The fraction of sp³-hybridized carbons (Fsp3) is 0.417. The third kappa shape index (κ3) is 3.08. The summed E-state index contributed by atoms with van der Waals surface area (Å²) in [5.41, 5.74) is 1.20. The Labute approximate surface area is 107 Å². The van der Waals surface area contributed by atoms with Crippen LogP contribution in [0.15, 0.2) is 17.0 Å². The second kappa shape index (κ2) is 5.49. The maximum absolute atomic E-state index is 12.0. The Balaban J connectivity index is 3.35. The SMILES string of the molecule is CCCNS(=O)(=O)c1cc(C(=O)O)cc(C)c1C. The minimum Gasteiger partial charge on any atom is -0.478 e. The lowest BCUT2D eigenvalue weighted by Crippen LogP contribution is -2.25. The number of carbonyl (C=O) groups is 1. The normalized spacial score (nSPS) is 11.5. The van der Waals surface area contributed by atoms with E-state index in [0.717, 1.165) is 0 Å². The van der Waals surface area contributed by atoms with Gasteiger partial charge in [-0.05, 0) is 43.5 Å². The number of aromatic carboxylic acids is 1.